The van der Waals surface area contributed by atoms with E-state index in [0.29, 0.717) is 13.1 Å². The van der Waals surface area contributed by atoms with E-state index in [1.807, 2.05) is 43.3 Å². The van der Waals surface area contributed by atoms with Gasteiger partial charge >= 0.3 is 0 Å². The molecule has 1 saturated heterocycles. The van der Waals surface area contributed by atoms with Crippen molar-refractivity contribution in [1.82, 2.24) is 4.90 Å². The zero-order chi connectivity index (χ0) is 16.9. The maximum absolute atomic E-state index is 12.9. The van der Waals surface area contributed by atoms with E-state index in [4.69, 9.17) is 0 Å². The van der Waals surface area contributed by atoms with Crippen molar-refractivity contribution in [3.8, 4) is 0 Å². The Morgan fingerprint density at radius 2 is 1.96 bits per heavy atom. The quantitative estimate of drug-likeness (QED) is 0.854. The highest BCUT2D eigenvalue weighted by Crippen LogP contribution is 2.37. The number of anilines is 1. The van der Waals surface area contributed by atoms with Gasteiger partial charge in [-0.1, -0.05) is 31.2 Å². The second-order valence-corrected chi connectivity index (χ2v) is 8.75. The Morgan fingerprint density at radius 3 is 2.62 bits per heavy atom. The summed E-state index contributed by atoms with van der Waals surface area (Å²) in [6.07, 6.45) is 0.648. The molecule has 0 aromatic heterocycles. The van der Waals surface area contributed by atoms with Gasteiger partial charge in [0.1, 0.15) is 0 Å². The first-order chi connectivity index (χ1) is 11.5. The molecule has 0 unspecified atom stereocenters. The fourth-order valence-electron chi connectivity index (χ4n) is 3.84. The van der Waals surface area contributed by atoms with Crippen LogP contribution in [0.1, 0.15) is 23.7 Å². The summed E-state index contributed by atoms with van der Waals surface area (Å²) in [5.74, 6) is 0.443. The molecule has 24 heavy (non-hydrogen) atoms. The number of carbonyl (C=O) groups is 1. The summed E-state index contributed by atoms with van der Waals surface area (Å²) in [5.41, 5.74) is 1.66. The van der Waals surface area contributed by atoms with Crippen LogP contribution in [0.25, 0.3) is 10.8 Å². The van der Waals surface area contributed by atoms with E-state index < -0.39 is 9.84 Å². The average Bonchev–Trinajstić information content (AvgIpc) is 3.06. The molecule has 2 aromatic rings. The summed E-state index contributed by atoms with van der Waals surface area (Å²) in [7, 11) is -2.94. The van der Waals surface area contributed by atoms with Crippen LogP contribution in [0, 0.1) is 0 Å². The largest absolute Gasteiger partial charge is 0.294 e. The number of carbonyl (C=O) groups excluding carboxylic acids is 1. The van der Waals surface area contributed by atoms with E-state index in [-0.39, 0.29) is 23.5 Å². The van der Waals surface area contributed by atoms with Crippen molar-refractivity contribution in [1.29, 1.82) is 0 Å². The van der Waals surface area contributed by atoms with Gasteiger partial charge in [0.25, 0.3) is 5.91 Å². The van der Waals surface area contributed by atoms with Crippen molar-refractivity contribution in [2.45, 2.75) is 19.4 Å². The van der Waals surface area contributed by atoms with Gasteiger partial charge in [0.2, 0.25) is 0 Å². The molecule has 1 fully saturated rings. The lowest BCUT2D eigenvalue weighted by Crippen LogP contribution is -2.45. The van der Waals surface area contributed by atoms with Gasteiger partial charge in [-0.05, 0) is 30.5 Å². The Morgan fingerprint density at radius 1 is 1.21 bits per heavy atom. The van der Waals surface area contributed by atoms with Gasteiger partial charge in [0, 0.05) is 17.0 Å². The van der Waals surface area contributed by atoms with Crippen LogP contribution in [0.5, 0.6) is 0 Å². The monoisotopic (exact) mass is 344 g/mol. The molecule has 1 atom stereocenters. The van der Waals surface area contributed by atoms with Crippen LogP contribution >= 0.6 is 0 Å². The molecule has 0 aliphatic carbocycles. The van der Waals surface area contributed by atoms with Crippen LogP contribution in [0.3, 0.4) is 0 Å². The Bertz CT molecular complexity index is 918. The third-order valence-electron chi connectivity index (χ3n) is 5.10. The number of benzene rings is 2. The SMILES string of the molecule is CCN(CN1C(=O)c2cccc3cccc1c23)[C@H]1CCS(=O)(=O)C1. The molecule has 0 spiro atoms. The number of rotatable bonds is 4. The minimum Gasteiger partial charge on any atom is -0.294 e. The van der Waals surface area contributed by atoms with E-state index in [1.165, 1.54) is 0 Å². The van der Waals surface area contributed by atoms with Crippen LogP contribution in [-0.4, -0.2) is 50.0 Å². The molecular formula is C18H20N2O3S. The van der Waals surface area contributed by atoms with Gasteiger partial charge in [-0.3, -0.25) is 14.6 Å². The second kappa shape index (κ2) is 5.57. The van der Waals surface area contributed by atoms with Crippen LogP contribution in [0.4, 0.5) is 5.69 Å². The lowest BCUT2D eigenvalue weighted by molar-refractivity contribution is 0.0966. The molecule has 2 aliphatic heterocycles. The third kappa shape index (κ3) is 2.41. The van der Waals surface area contributed by atoms with Crippen molar-refractivity contribution in [2.24, 2.45) is 0 Å². The minimum absolute atomic E-state index is 0.00102. The highest BCUT2D eigenvalue weighted by Gasteiger charge is 2.35. The molecule has 126 valence electrons. The number of hydrogen-bond acceptors (Lipinski definition) is 4. The highest BCUT2D eigenvalue weighted by atomic mass is 32.2. The zero-order valence-corrected chi connectivity index (χ0v) is 14.4. The number of nitrogens with zero attached hydrogens (tertiary/aromatic N) is 2. The first-order valence-electron chi connectivity index (χ1n) is 8.28. The summed E-state index contributed by atoms with van der Waals surface area (Å²) >= 11 is 0. The summed E-state index contributed by atoms with van der Waals surface area (Å²) in [5, 5.41) is 2.06. The number of sulfone groups is 1. The van der Waals surface area contributed by atoms with E-state index in [0.717, 1.165) is 28.6 Å². The number of hydrogen-bond donors (Lipinski definition) is 0. The van der Waals surface area contributed by atoms with Crippen molar-refractivity contribution in [3.63, 3.8) is 0 Å². The van der Waals surface area contributed by atoms with Gasteiger partial charge in [0.15, 0.2) is 9.84 Å². The topological polar surface area (TPSA) is 57.7 Å². The van der Waals surface area contributed by atoms with E-state index >= 15 is 0 Å². The predicted molar refractivity (Wildman–Crippen MR) is 95.1 cm³/mol. The molecule has 0 radical (unpaired) electrons. The smallest absolute Gasteiger partial charge is 0.260 e. The van der Waals surface area contributed by atoms with E-state index in [1.54, 1.807) is 4.90 Å². The molecule has 0 saturated carbocycles. The molecule has 4 rings (SSSR count). The fraction of sp³-hybridized carbons (Fsp3) is 0.389. The second-order valence-electron chi connectivity index (χ2n) is 6.52. The molecule has 0 bridgehead atoms. The molecule has 0 N–H and O–H groups in total. The average molecular weight is 344 g/mol. The standard InChI is InChI=1S/C18H20N2O3S/c1-2-19(14-9-10-24(22,23)11-14)12-20-16-8-4-6-13-5-3-7-15(17(13)16)18(20)21/h3-8,14H,2,9-12H2,1H3/t14-/m0/s1. The van der Waals surface area contributed by atoms with Gasteiger partial charge < -0.3 is 0 Å². The van der Waals surface area contributed by atoms with Crippen LogP contribution in [0.15, 0.2) is 36.4 Å². The maximum Gasteiger partial charge on any atom is 0.260 e. The lowest BCUT2D eigenvalue weighted by Gasteiger charge is -2.31. The summed E-state index contributed by atoms with van der Waals surface area (Å²) in [4.78, 5) is 16.7. The lowest BCUT2D eigenvalue weighted by atomic mass is 10.1. The van der Waals surface area contributed by atoms with Gasteiger partial charge in [-0.25, -0.2) is 8.42 Å². The van der Waals surface area contributed by atoms with E-state index in [2.05, 4.69) is 4.90 Å². The minimum atomic E-state index is -2.94. The molecular weight excluding hydrogens is 324 g/mol. The Labute approximate surface area is 141 Å². The van der Waals surface area contributed by atoms with Crippen LogP contribution in [0.2, 0.25) is 0 Å². The van der Waals surface area contributed by atoms with Gasteiger partial charge in [-0.15, -0.1) is 0 Å². The highest BCUT2D eigenvalue weighted by molar-refractivity contribution is 7.91. The van der Waals surface area contributed by atoms with Crippen molar-refractivity contribution in [2.75, 3.05) is 29.6 Å². The maximum atomic E-state index is 12.9. The molecule has 2 aliphatic rings. The van der Waals surface area contributed by atoms with Crippen molar-refractivity contribution >= 4 is 32.2 Å². The summed E-state index contributed by atoms with van der Waals surface area (Å²) < 4.78 is 23.6. The van der Waals surface area contributed by atoms with Crippen LogP contribution < -0.4 is 4.90 Å². The molecule has 2 heterocycles. The fourth-order valence-corrected chi connectivity index (χ4v) is 5.60. The Kier molecular flexibility index (Phi) is 3.62. The number of amides is 1. The van der Waals surface area contributed by atoms with Crippen molar-refractivity contribution in [3.05, 3.63) is 42.0 Å². The first kappa shape index (κ1) is 15.6. The predicted octanol–water partition coefficient (Wildman–Crippen LogP) is 2.27. The summed E-state index contributed by atoms with van der Waals surface area (Å²) in [6, 6.07) is 11.7. The summed E-state index contributed by atoms with van der Waals surface area (Å²) in [6.45, 7) is 3.17. The molecule has 6 heteroatoms. The van der Waals surface area contributed by atoms with Gasteiger partial charge in [0.05, 0.1) is 23.9 Å². The van der Waals surface area contributed by atoms with E-state index in [9.17, 15) is 13.2 Å². The van der Waals surface area contributed by atoms with Gasteiger partial charge in [-0.2, -0.15) is 0 Å². The third-order valence-corrected chi connectivity index (χ3v) is 6.85. The Balaban J connectivity index is 1.66. The normalized spacial score (nSPS) is 22.0. The molecule has 5 nitrogen and oxygen atoms in total. The van der Waals surface area contributed by atoms with Crippen LogP contribution in [-0.2, 0) is 9.84 Å². The van der Waals surface area contributed by atoms with Crippen molar-refractivity contribution < 1.29 is 13.2 Å². The molecule has 1 amide bonds. The molecule has 2 aromatic carbocycles. The zero-order valence-electron chi connectivity index (χ0n) is 13.6. The first-order valence-corrected chi connectivity index (χ1v) is 10.1. The Hall–Kier alpha value is -1.92.